The van der Waals surface area contributed by atoms with E-state index in [1.807, 2.05) is 0 Å². The van der Waals surface area contributed by atoms with Crippen LogP contribution in [0, 0.1) is 0 Å². The van der Waals surface area contributed by atoms with Crippen LogP contribution in [0.2, 0.25) is 0 Å². The Morgan fingerprint density at radius 2 is 1.92 bits per heavy atom. The van der Waals surface area contributed by atoms with Gasteiger partial charge in [0.25, 0.3) is 6.43 Å². The van der Waals surface area contributed by atoms with Crippen LogP contribution < -0.4 is 5.32 Å². The summed E-state index contributed by atoms with van der Waals surface area (Å²) in [5.74, 6) is 0. The molecule has 0 radical (unpaired) electrons. The summed E-state index contributed by atoms with van der Waals surface area (Å²) in [5, 5.41) is 12.3. The molecule has 0 heterocycles. The number of rotatable bonds is 3. The van der Waals surface area contributed by atoms with Crippen molar-refractivity contribution in [2.75, 3.05) is 0 Å². The van der Waals surface area contributed by atoms with E-state index in [4.69, 9.17) is 0 Å². The Balaban J connectivity index is 2.33. The normalized spacial score (nSPS) is 32.1. The number of halogens is 2. The van der Waals surface area contributed by atoms with Gasteiger partial charge >= 0.3 is 0 Å². The van der Waals surface area contributed by atoms with E-state index >= 15 is 0 Å². The smallest absolute Gasteiger partial charge is 0.253 e. The van der Waals surface area contributed by atoms with Crippen LogP contribution >= 0.6 is 0 Å². The summed E-state index contributed by atoms with van der Waals surface area (Å²) in [7, 11) is 0. The number of alkyl halides is 2. The molecule has 1 fully saturated rings. The maximum atomic E-state index is 12.2. The zero-order valence-electron chi connectivity index (χ0n) is 7.84. The fourth-order valence-electron chi connectivity index (χ4n) is 1.72. The van der Waals surface area contributed by atoms with Gasteiger partial charge in [0.15, 0.2) is 0 Å². The predicted octanol–water partition coefficient (Wildman–Crippen LogP) is 1.53. The maximum Gasteiger partial charge on any atom is 0.253 e. The average molecular weight is 193 g/mol. The van der Waals surface area contributed by atoms with E-state index < -0.39 is 18.6 Å². The molecule has 0 aromatic carbocycles. The van der Waals surface area contributed by atoms with Crippen molar-refractivity contribution in [2.24, 2.45) is 0 Å². The third kappa shape index (κ3) is 3.19. The molecule has 1 aliphatic rings. The van der Waals surface area contributed by atoms with Crippen molar-refractivity contribution >= 4 is 0 Å². The van der Waals surface area contributed by atoms with Gasteiger partial charge in [-0.05, 0) is 19.8 Å². The lowest BCUT2D eigenvalue weighted by atomic mass is 9.92. The second kappa shape index (κ2) is 4.86. The summed E-state index contributed by atoms with van der Waals surface area (Å²) in [6, 6.07) is -0.963. The second-order valence-corrected chi connectivity index (χ2v) is 3.75. The van der Waals surface area contributed by atoms with E-state index in [9.17, 15) is 13.9 Å². The molecule has 0 aromatic rings. The van der Waals surface area contributed by atoms with Gasteiger partial charge in [-0.1, -0.05) is 12.8 Å². The van der Waals surface area contributed by atoms with Gasteiger partial charge in [-0.25, -0.2) is 8.78 Å². The molecular weight excluding hydrogens is 176 g/mol. The first-order valence-electron chi connectivity index (χ1n) is 4.83. The van der Waals surface area contributed by atoms with Crippen molar-refractivity contribution < 1.29 is 13.9 Å². The molecule has 78 valence electrons. The molecule has 1 unspecified atom stereocenters. The Morgan fingerprint density at radius 1 is 1.31 bits per heavy atom. The zero-order chi connectivity index (χ0) is 9.84. The number of aliphatic hydroxyl groups excluding tert-OH is 1. The van der Waals surface area contributed by atoms with Gasteiger partial charge in [0.1, 0.15) is 0 Å². The first-order chi connectivity index (χ1) is 6.11. The number of hydrogen-bond acceptors (Lipinski definition) is 2. The van der Waals surface area contributed by atoms with Crippen LogP contribution in [0.5, 0.6) is 0 Å². The second-order valence-electron chi connectivity index (χ2n) is 3.75. The molecule has 2 nitrogen and oxygen atoms in total. The Bertz CT molecular complexity index is 155. The molecule has 13 heavy (non-hydrogen) atoms. The van der Waals surface area contributed by atoms with E-state index in [0.717, 1.165) is 25.7 Å². The van der Waals surface area contributed by atoms with Crippen LogP contribution in [-0.4, -0.2) is 29.7 Å². The lowest BCUT2D eigenvalue weighted by Gasteiger charge is -2.30. The molecule has 0 spiro atoms. The van der Waals surface area contributed by atoms with Gasteiger partial charge in [0.05, 0.1) is 12.1 Å². The van der Waals surface area contributed by atoms with Crippen LogP contribution in [0.4, 0.5) is 8.78 Å². The quantitative estimate of drug-likeness (QED) is 0.712. The molecule has 0 bridgehead atoms. The van der Waals surface area contributed by atoms with E-state index in [-0.39, 0.29) is 6.04 Å². The van der Waals surface area contributed by atoms with Crippen molar-refractivity contribution in [3.8, 4) is 0 Å². The molecule has 4 heteroatoms. The molecule has 0 amide bonds. The Labute approximate surface area is 77.3 Å². The number of aliphatic hydroxyl groups is 1. The van der Waals surface area contributed by atoms with Gasteiger partial charge in [0, 0.05) is 6.04 Å². The van der Waals surface area contributed by atoms with Gasteiger partial charge in [-0.3, -0.25) is 0 Å². The molecule has 0 aliphatic heterocycles. The summed E-state index contributed by atoms with van der Waals surface area (Å²) in [4.78, 5) is 0. The third-order valence-electron chi connectivity index (χ3n) is 2.58. The standard InChI is InChI=1S/C9H17F2NO/c1-6(9(10)11)12-7-4-2-3-5-8(7)13/h6-9,12-13H,2-5H2,1H3/t6?,7-,8-/m1/s1. The van der Waals surface area contributed by atoms with E-state index in [0.29, 0.717) is 0 Å². The van der Waals surface area contributed by atoms with Crippen molar-refractivity contribution in [3.63, 3.8) is 0 Å². The minimum atomic E-state index is -2.35. The van der Waals surface area contributed by atoms with E-state index in [1.54, 1.807) is 0 Å². The van der Waals surface area contributed by atoms with Gasteiger partial charge in [-0.2, -0.15) is 0 Å². The average Bonchev–Trinajstić information content (AvgIpc) is 2.08. The fraction of sp³-hybridized carbons (Fsp3) is 1.00. The molecule has 0 saturated heterocycles. The highest BCUT2D eigenvalue weighted by Gasteiger charge is 2.26. The number of nitrogens with one attached hydrogen (secondary N) is 1. The molecule has 0 aromatic heterocycles. The lowest BCUT2D eigenvalue weighted by Crippen LogP contribution is -2.48. The van der Waals surface area contributed by atoms with Crippen LogP contribution in [0.1, 0.15) is 32.6 Å². The topological polar surface area (TPSA) is 32.3 Å². The molecule has 3 atom stereocenters. The summed E-state index contributed by atoms with van der Waals surface area (Å²) in [6.07, 6.45) is 0.753. The third-order valence-corrected chi connectivity index (χ3v) is 2.58. The Hall–Kier alpha value is -0.220. The summed E-state index contributed by atoms with van der Waals surface area (Å²) in [5.41, 5.74) is 0. The molecule has 1 rings (SSSR count). The maximum absolute atomic E-state index is 12.2. The van der Waals surface area contributed by atoms with Crippen LogP contribution in [0.15, 0.2) is 0 Å². The highest BCUT2D eigenvalue weighted by molar-refractivity contribution is 4.82. The molecule has 1 aliphatic carbocycles. The monoisotopic (exact) mass is 193 g/mol. The minimum Gasteiger partial charge on any atom is -0.392 e. The highest BCUT2D eigenvalue weighted by atomic mass is 19.3. The summed E-state index contributed by atoms with van der Waals surface area (Å²) < 4.78 is 24.3. The van der Waals surface area contributed by atoms with E-state index in [2.05, 4.69) is 5.32 Å². The minimum absolute atomic E-state index is 0.141. The van der Waals surface area contributed by atoms with Crippen molar-refractivity contribution in [1.82, 2.24) is 5.32 Å². The largest absolute Gasteiger partial charge is 0.392 e. The fourth-order valence-corrected chi connectivity index (χ4v) is 1.72. The summed E-state index contributed by atoms with van der Waals surface area (Å²) in [6.45, 7) is 1.45. The van der Waals surface area contributed by atoms with Crippen LogP contribution in [-0.2, 0) is 0 Å². The van der Waals surface area contributed by atoms with Crippen molar-refractivity contribution in [1.29, 1.82) is 0 Å². The van der Waals surface area contributed by atoms with Crippen LogP contribution in [0.3, 0.4) is 0 Å². The Morgan fingerprint density at radius 3 is 2.46 bits per heavy atom. The molecular formula is C9H17F2NO. The highest BCUT2D eigenvalue weighted by Crippen LogP contribution is 2.19. The first-order valence-corrected chi connectivity index (χ1v) is 4.83. The van der Waals surface area contributed by atoms with Crippen molar-refractivity contribution in [2.45, 2.75) is 57.2 Å². The van der Waals surface area contributed by atoms with E-state index in [1.165, 1.54) is 6.92 Å². The van der Waals surface area contributed by atoms with Gasteiger partial charge < -0.3 is 10.4 Å². The number of hydrogen-bond donors (Lipinski definition) is 2. The molecule has 2 N–H and O–H groups in total. The van der Waals surface area contributed by atoms with Gasteiger partial charge in [-0.15, -0.1) is 0 Å². The van der Waals surface area contributed by atoms with Gasteiger partial charge in [0.2, 0.25) is 0 Å². The summed E-state index contributed by atoms with van der Waals surface area (Å²) >= 11 is 0. The zero-order valence-corrected chi connectivity index (χ0v) is 7.84. The van der Waals surface area contributed by atoms with Crippen LogP contribution in [0.25, 0.3) is 0 Å². The lowest BCUT2D eigenvalue weighted by molar-refractivity contribution is 0.0527. The Kier molecular flexibility index (Phi) is 4.06. The SMILES string of the molecule is CC(N[C@@H]1CCCC[C@H]1O)C(F)F. The molecule has 1 saturated carbocycles. The first kappa shape index (κ1) is 10.9. The van der Waals surface area contributed by atoms with Crippen molar-refractivity contribution in [3.05, 3.63) is 0 Å². The predicted molar refractivity (Wildman–Crippen MR) is 46.9 cm³/mol.